The van der Waals surface area contributed by atoms with Crippen LogP contribution in [0.2, 0.25) is 0 Å². The number of unbranched alkanes of at least 4 members (excludes halogenated alkanes) is 6. The van der Waals surface area contributed by atoms with Crippen molar-refractivity contribution in [1.29, 1.82) is 0 Å². The number of aromatic carboxylic acids is 1. The maximum absolute atomic E-state index is 13.6. The molecule has 8 heteroatoms. The fraction of sp³-hybridized carbons (Fsp3) is 0.595. The van der Waals surface area contributed by atoms with E-state index in [1.807, 2.05) is 27.7 Å². The van der Waals surface area contributed by atoms with Crippen molar-refractivity contribution in [1.82, 2.24) is 5.32 Å². The number of allylic oxidation sites excluding steroid dienone is 6. The molecule has 0 aromatic heterocycles. The van der Waals surface area contributed by atoms with Crippen LogP contribution in [-0.4, -0.2) is 44.5 Å². The Bertz CT molecular complexity index is 1110. The lowest BCUT2D eigenvalue weighted by molar-refractivity contribution is -0.128. The topological polar surface area (TPSA) is 116 Å². The molecule has 1 aromatic rings. The fourth-order valence-corrected chi connectivity index (χ4v) is 6.35. The molecule has 1 unspecified atom stereocenters. The normalized spacial score (nSPS) is 12.8. The first-order valence-electron chi connectivity index (χ1n) is 16.9. The highest BCUT2D eigenvalue weighted by molar-refractivity contribution is 8.01. The first-order chi connectivity index (χ1) is 21.6. The predicted octanol–water partition coefficient (Wildman–Crippen LogP) is 9.44. The minimum atomic E-state index is -1.29. The fourth-order valence-electron chi connectivity index (χ4n) is 5.01. The molecule has 0 fully saturated rings. The highest BCUT2D eigenvalue weighted by atomic mass is 32.2. The van der Waals surface area contributed by atoms with Crippen molar-refractivity contribution in [2.24, 2.45) is 5.92 Å². The molecule has 0 aliphatic heterocycles. The third kappa shape index (κ3) is 16.2. The molecule has 0 aliphatic carbocycles. The van der Waals surface area contributed by atoms with Crippen molar-refractivity contribution in [3.8, 4) is 5.75 Å². The molecule has 1 aromatic carbocycles. The van der Waals surface area contributed by atoms with Crippen molar-refractivity contribution in [3.63, 3.8) is 0 Å². The van der Waals surface area contributed by atoms with Crippen LogP contribution in [0.5, 0.6) is 5.75 Å². The number of amides is 2. The van der Waals surface area contributed by atoms with E-state index in [1.165, 1.54) is 43.9 Å². The summed E-state index contributed by atoms with van der Waals surface area (Å²) in [6, 6.07) is 3.12. The molecule has 1 rings (SSSR count). The third-order valence-corrected chi connectivity index (χ3v) is 9.61. The zero-order valence-corrected chi connectivity index (χ0v) is 29.1. The molecule has 252 valence electrons. The molecule has 0 spiro atoms. The van der Waals surface area contributed by atoms with E-state index in [4.69, 9.17) is 0 Å². The van der Waals surface area contributed by atoms with Gasteiger partial charge >= 0.3 is 5.97 Å². The third-order valence-electron chi connectivity index (χ3n) is 7.80. The van der Waals surface area contributed by atoms with Crippen LogP contribution in [0.25, 0.3) is 0 Å². The number of thioether (sulfide) groups is 1. The van der Waals surface area contributed by atoms with E-state index < -0.39 is 22.7 Å². The summed E-state index contributed by atoms with van der Waals surface area (Å²) in [5, 5.41) is 24.8. The van der Waals surface area contributed by atoms with E-state index >= 15 is 0 Å². The number of carboxylic acids is 1. The van der Waals surface area contributed by atoms with Gasteiger partial charge in [0.25, 0.3) is 0 Å². The second-order valence-corrected chi connectivity index (χ2v) is 13.4. The molecule has 0 saturated heterocycles. The number of anilines is 1. The molecule has 1 atom stereocenters. The van der Waals surface area contributed by atoms with Crippen molar-refractivity contribution in [2.75, 3.05) is 11.1 Å². The maximum atomic E-state index is 13.6. The van der Waals surface area contributed by atoms with E-state index in [2.05, 4.69) is 54.0 Å². The van der Waals surface area contributed by atoms with Gasteiger partial charge in [0.1, 0.15) is 17.4 Å². The molecule has 0 saturated carbocycles. The molecule has 45 heavy (non-hydrogen) atoms. The molecule has 0 radical (unpaired) electrons. The van der Waals surface area contributed by atoms with Crippen LogP contribution in [0, 0.1) is 5.92 Å². The summed E-state index contributed by atoms with van der Waals surface area (Å²) in [5.74, 6) is -1.16. The monoisotopic (exact) mass is 642 g/mol. The van der Waals surface area contributed by atoms with Crippen LogP contribution in [-0.2, 0) is 9.59 Å². The van der Waals surface area contributed by atoms with E-state index in [-0.39, 0.29) is 28.8 Å². The largest absolute Gasteiger partial charge is 0.507 e. The number of nitrogens with one attached hydrogen (secondary N) is 2. The minimum absolute atomic E-state index is 0.132. The number of hydrogen-bond acceptors (Lipinski definition) is 5. The maximum Gasteiger partial charge on any atom is 0.339 e. The lowest BCUT2D eigenvalue weighted by Gasteiger charge is -2.32. The Balaban J connectivity index is 2.51. The molecule has 2 amide bonds. The predicted molar refractivity (Wildman–Crippen MR) is 190 cm³/mol. The highest BCUT2D eigenvalue weighted by Gasteiger charge is 2.37. The number of phenols is 1. The average Bonchev–Trinajstić information content (AvgIpc) is 3.01. The minimum Gasteiger partial charge on any atom is -0.507 e. The molecular weight excluding hydrogens is 584 g/mol. The Morgan fingerprint density at radius 1 is 0.867 bits per heavy atom. The second kappa shape index (κ2) is 23.4. The number of carbonyl (C=O) groups is 3. The van der Waals surface area contributed by atoms with Gasteiger partial charge < -0.3 is 20.8 Å². The van der Waals surface area contributed by atoms with Crippen LogP contribution in [0.4, 0.5) is 5.69 Å². The number of carbonyl (C=O) groups excluding carboxylic acids is 2. The van der Waals surface area contributed by atoms with Gasteiger partial charge in [-0.3, -0.25) is 9.59 Å². The van der Waals surface area contributed by atoms with Gasteiger partial charge in [-0.25, -0.2) is 4.79 Å². The van der Waals surface area contributed by atoms with Gasteiger partial charge in [-0.2, -0.15) is 0 Å². The summed E-state index contributed by atoms with van der Waals surface area (Å²) in [7, 11) is 0. The van der Waals surface area contributed by atoms with E-state index in [1.54, 1.807) is 11.8 Å². The van der Waals surface area contributed by atoms with Crippen LogP contribution in [0.1, 0.15) is 128 Å². The number of rotatable bonds is 24. The summed E-state index contributed by atoms with van der Waals surface area (Å²) in [6.07, 6.45) is 26.5. The number of carboxylic acid groups (broad SMARTS) is 1. The molecule has 4 N–H and O–H groups in total. The summed E-state index contributed by atoms with van der Waals surface area (Å²) < 4.78 is -0.613. The summed E-state index contributed by atoms with van der Waals surface area (Å²) >= 11 is 1.69. The zero-order valence-electron chi connectivity index (χ0n) is 28.3. The molecule has 0 aliphatic rings. The van der Waals surface area contributed by atoms with Gasteiger partial charge in [0.2, 0.25) is 11.8 Å². The Kier molecular flexibility index (Phi) is 20.8. The van der Waals surface area contributed by atoms with E-state index in [0.717, 1.165) is 44.3 Å². The first kappa shape index (κ1) is 40.0. The second-order valence-electron chi connectivity index (χ2n) is 11.9. The van der Waals surface area contributed by atoms with Gasteiger partial charge in [0.15, 0.2) is 0 Å². The summed E-state index contributed by atoms with van der Waals surface area (Å²) in [5.41, 5.74) is -0.0488. The van der Waals surface area contributed by atoms with Crippen LogP contribution in [0.3, 0.4) is 0 Å². The number of aromatic hydroxyl groups is 1. The molecule has 7 nitrogen and oxygen atoms in total. The van der Waals surface area contributed by atoms with Gasteiger partial charge in [-0.05, 0) is 87.7 Å². The summed E-state index contributed by atoms with van der Waals surface area (Å²) in [4.78, 5) is 38.2. The van der Waals surface area contributed by atoms with Crippen molar-refractivity contribution >= 4 is 35.2 Å². The van der Waals surface area contributed by atoms with Gasteiger partial charge in [-0.15, -0.1) is 11.8 Å². The Hall–Kier alpha value is -3.00. The highest BCUT2D eigenvalue weighted by Crippen LogP contribution is 2.34. The standard InChI is InChI=1S/C37H58N2O5S/c1-6-9-10-11-12-13-14-15-16-17-18-19-20-21-22-23-26-45-37(7-2,8-3)36(44)39-32(27-29(4)5)34(41)38-30-24-25-33(40)31(28-30)35(42)43/h9-10,12-13,15-16,24-25,28-29,32,40H,6-8,11,14,17-23,26-27H2,1-5H3,(H,38,41)(H,39,44)(H,42,43). The number of hydrogen-bond donors (Lipinski definition) is 4. The SMILES string of the molecule is CCC=CCC=CCC=CCCCCCCCCSC(CC)(CC)C(=O)NC(CC(C)C)C(=O)Nc1ccc(O)c(C(=O)O)c1. The Morgan fingerprint density at radius 3 is 2.07 bits per heavy atom. The zero-order chi connectivity index (χ0) is 33.5. The van der Waals surface area contributed by atoms with E-state index in [9.17, 15) is 24.6 Å². The van der Waals surface area contributed by atoms with Crippen LogP contribution in [0.15, 0.2) is 54.7 Å². The smallest absolute Gasteiger partial charge is 0.339 e. The lowest BCUT2D eigenvalue weighted by Crippen LogP contribution is -2.52. The van der Waals surface area contributed by atoms with Gasteiger partial charge in [0.05, 0.1) is 4.75 Å². The van der Waals surface area contributed by atoms with E-state index in [0.29, 0.717) is 19.3 Å². The average molecular weight is 643 g/mol. The molecule has 0 bridgehead atoms. The van der Waals surface area contributed by atoms with Crippen LogP contribution >= 0.6 is 11.8 Å². The lowest BCUT2D eigenvalue weighted by atomic mass is 9.98. The van der Waals surface area contributed by atoms with Gasteiger partial charge in [-0.1, -0.05) is 96.8 Å². The summed E-state index contributed by atoms with van der Waals surface area (Å²) in [6.45, 7) is 10.2. The Labute approximate surface area is 276 Å². The molecule has 0 heterocycles. The molecular formula is C37H58N2O5S. The van der Waals surface area contributed by atoms with Gasteiger partial charge in [0, 0.05) is 5.69 Å². The van der Waals surface area contributed by atoms with Crippen molar-refractivity contribution in [2.45, 2.75) is 129 Å². The van der Waals surface area contributed by atoms with Crippen molar-refractivity contribution in [3.05, 3.63) is 60.2 Å². The Morgan fingerprint density at radius 2 is 1.47 bits per heavy atom. The van der Waals surface area contributed by atoms with Crippen molar-refractivity contribution < 1.29 is 24.6 Å². The number of benzene rings is 1. The van der Waals surface area contributed by atoms with Crippen LogP contribution < -0.4 is 10.6 Å². The first-order valence-corrected chi connectivity index (χ1v) is 17.9. The quantitative estimate of drug-likeness (QED) is 0.0507.